The van der Waals surface area contributed by atoms with Crippen LogP contribution < -0.4 is 0 Å². The minimum atomic E-state index is -3.34. The van der Waals surface area contributed by atoms with E-state index in [0.29, 0.717) is 24.0 Å². The highest BCUT2D eigenvalue weighted by Gasteiger charge is 2.36. The van der Waals surface area contributed by atoms with Crippen molar-refractivity contribution < 1.29 is 22.4 Å². The molecular weight excluding hydrogens is 381 g/mol. The maximum atomic E-state index is 13.8. The normalized spacial score (nSPS) is 15.6. The van der Waals surface area contributed by atoms with Gasteiger partial charge in [0.05, 0.1) is 18.9 Å². The van der Waals surface area contributed by atoms with Gasteiger partial charge in [0, 0.05) is 0 Å². The standard InChI is InChI=1S/C22H27F2O3P/c23-21-12-6-4-8-18(21)14-16-26-28(25,20-10-2-1-3-11-20)27-17-15-19-9-5-7-13-22(19)24/h4-9,12-13,20H,1-3,10-11,14-17H2. The number of rotatable bonds is 9. The molecule has 0 bridgehead atoms. The van der Waals surface area contributed by atoms with E-state index in [4.69, 9.17) is 9.05 Å². The van der Waals surface area contributed by atoms with Crippen molar-refractivity contribution in [1.29, 1.82) is 0 Å². The monoisotopic (exact) mass is 408 g/mol. The minimum absolute atomic E-state index is 0.133. The highest BCUT2D eigenvalue weighted by molar-refractivity contribution is 7.54. The van der Waals surface area contributed by atoms with E-state index in [0.717, 1.165) is 32.1 Å². The summed E-state index contributed by atoms with van der Waals surface area (Å²) in [7, 11) is -3.34. The number of hydrogen-bond acceptors (Lipinski definition) is 3. The summed E-state index contributed by atoms with van der Waals surface area (Å²) in [6, 6.07) is 13.0. The Labute approximate surface area is 165 Å². The molecule has 3 rings (SSSR count). The Kier molecular flexibility index (Phi) is 7.78. The largest absolute Gasteiger partial charge is 0.333 e. The molecule has 6 heteroatoms. The van der Waals surface area contributed by atoms with Crippen LogP contribution in [0.15, 0.2) is 48.5 Å². The zero-order valence-corrected chi connectivity index (χ0v) is 16.9. The molecular formula is C22H27F2O3P. The lowest BCUT2D eigenvalue weighted by atomic mass is 10.0. The molecule has 3 nitrogen and oxygen atoms in total. The van der Waals surface area contributed by atoms with Crippen molar-refractivity contribution in [3.05, 3.63) is 71.3 Å². The van der Waals surface area contributed by atoms with Crippen LogP contribution in [0.4, 0.5) is 8.78 Å². The maximum absolute atomic E-state index is 13.8. The summed E-state index contributed by atoms with van der Waals surface area (Å²) in [6.45, 7) is 0.267. The van der Waals surface area contributed by atoms with Crippen molar-refractivity contribution in [1.82, 2.24) is 0 Å². The molecule has 0 heterocycles. The van der Waals surface area contributed by atoms with Gasteiger partial charge in [0.1, 0.15) is 11.6 Å². The Morgan fingerprint density at radius 1 is 0.786 bits per heavy atom. The van der Waals surface area contributed by atoms with Gasteiger partial charge in [0.15, 0.2) is 0 Å². The second-order valence-corrected chi connectivity index (χ2v) is 9.51. The van der Waals surface area contributed by atoms with Crippen LogP contribution in [0.2, 0.25) is 0 Å². The lowest BCUT2D eigenvalue weighted by Crippen LogP contribution is -2.18. The van der Waals surface area contributed by atoms with Gasteiger partial charge in [0.25, 0.3) is 0 Å². The van der Waals surface area contributed by atoms with Crippen molar-refractivity contribution in [2.24, 2.45) is 0 Å². The fourth-order valence-electron chi connectivity index (χ4n) is 3.61. The topological polar surface area (TPSA) is 35.5 Å². The summed E-state index contributed by atoms with van der Waals surface area (Å²) < 4.78 is 52.6. The molecule has 1 saturated carbocycles. The molecule has 1 aliphatic carbocycles. The summed E-state index contributed by atoms with van der Waals surface area (Å²) in [5.41, 5.74) is 0.926. The Hall–Kier alpha value is -1.55. The first-order valence-electron chi connectivity index (χ1n) is 9.94. The van der Waals surface area contributed by atoms with Gasteiger partial charge in [-0.15, -0.1) is 0 Å². The molecule has 1 fully saturated rings. The average molecular weight is 408 g/mol. The number of benzene rings is 2. The zero-order chi connectivity index (χ0) is 19.8. The Bertz CT molecular complexity index is 750. The summed E-state index contributed by atoms with van der Waals surface area (Å²) in [6.07, 6.45) is 5.40. The SMILES string of the molecule is O=P(OCCc1ccccc1F)(OCCc1ccccc1F)C1CCCCC1. The molecule has 1 aliphatic rings. The molecule has 0 unspecified atom stereocenters. The second-order valence-electron chi connectivity index (χ2n) is 7.18. The second kappa shape index (κ2) is 10.3. The van der Waals surface area contributed by atoms with Crippen LogP contribution in [0.1, 0.15) is 43.2 Å². The van der Waals surface area contributed by atoms with Crippen LogP contribution >= 0.6 is 7.60 Å². The predicted molar refractivity (Wildman–Crippen MR) is 107 cm³/mol. The van der Waals surface area contributed by atoms with Gasteiger partial charge in [-0.25, -0.2) is 8.78 Å². The first-order valence-corrected chi connectivity index (χ1v) is 11.6. The van der Waals surface area contributed by atoms with Gasteiger partial charge in [-0.1, -0.05) is 55.7 Å². The minimum Gasteiger partial charge on any atom is -0.308 e. The van der Waals surface area contributed by atoms with Gasteiger partial charge in [-0.05, 0) is 48.9 Å². The summed E-state index contributed by atoms with van der Waals surface area (Å²) >= 11 is 0. The number of halogens is 2. The zero-order valence-electron chi connectivity index (χ0n) is 16.0. The summed E-state index contributed by atoms with van der Waals surface area (Å²) in [5.74, 6) is -0.585. The van der Waals surface area contributed by atoms with E-state index in [1.54, 1.807) is 36.4 Å². The molecule has 0 N–H and O–H groups in total. The number of hydrogen-bond donors (Lipinski definition) is 0. The Morgan fingerprint density at radius 3 is 1.71 bits per heavy atom. The third-order valence-corrected chi connectivity index (χ3v) is 7.72. The summed E-state index contributed by atoms with van der Waals surface area (Å²) in [4.78, 5) is 0. The molecule has 0 amide bonds. The quantitative estimate of drug-likeness (QED) is 0.456. The van der Waals surface area contributed by atoms with Crippen molar-refractivity contribution in [2.75, 3.05) is 13.2 Å². The van der Waals surface area contributed by atoms with Crippen LogP contribution in [0, 0.1) is 11.6 Å². The molecule has 28 heavy (non-hydrogen) atoms. The maximum Gasteiger partial charge on any atom is 0.333 e. The highest BCUT2D eigenvalue weighted by Crippen LogP contribution is 2.57. The lowest BCUT2D eigenvalue weighted by Gasteiger charge is -2.29. The van der Waals surface area contributed by atoms with Gasteiger partial charge < -0.3 is 9.05 Å². The average Bonchev–Trinajstić information content (AvgIpc) is 2.72. The third-order valence-electron chi connectivity index (χ3n) is 5.22. The lowest BCUT2D eigenvalue weighted by molar-refractivity contribution is 0.193. The van der Waals surface area contributed by atoms with E-state index >= 15 is 0 Å². The molecule has 0 aromatic heterocycles. The predicted octanol–water partition coefficient (Wildman–Crippen LogP) is 6.31. The molecule has 0 radical (unpaired) electrons. The molecule has 2 aromatic carbocycles. The molecule has 0 saturated heterocycles. The molecule has 152 valence electrons. The van der Waals surface area contributed by atoms with E-state index in [2.05, 4.69) is 0 Å². The van der Waals surface area contributed by atoms with E-state index in [9.17, 15) is 13.3 Å². The van der Waals surface area contributed by atoms with Crippen LogP contribution in [0.25, 0.3) is 0 Å². The Morgan fingerprint density at radius 2 is 1.25 bits per heavy atom. The van der Waals surface area contributed by atoms with Crippen molar-refractivity contribution in [2.45, 2.75) is 50.6 Å². The highest BCUT2D eigenvalue weighted by atomic mass is 31.2. The van der Waals surface area contributed by atoms with Crippen LogP contribution in [0.3, 0.4) is 0 Å². The van der Waals surface area contributed by atoms with Crippen LogP contribution in [0.5, 0.6) is 0 Å². The fourth-order valence-corrected chi connectivity index (χ4v) is 5.80. The fraction of sp³-hybridized carbons (Fsp3) is 0.455. The van der Waals surface area contributed by atoms with Gasteiger partial charge in [-0.3, -0.25) is 4.57 Å². The van der Waals surface area contributed by atoms with Gasteiger partial charge in [0.2, 0.25) is 0 Å². The summed E-state index contributed by atoms with van der Waals surface area (Å²) in [5, 5.41) is 0. The van der Waals surface area contributed by atoms with Crippen molar-refractivity contribution in [3.63, 3.8) is 0 Å². The third kappa shape index (κ3) is 5.73. The Balaban J connectivity index is 1.61. The molecule has 0 aliphatic heterocycles. The molecule has 2 aromatic rings. The van der Waals surface area contributed by atoms with Gasteiger partial charge >= 0.3 is 7.60 Å². The van der Waals surface area contributed by atoms with Crippen molar-refractivity contribution >= 4 is 7.60 Å². The molecule has 0 spiro atoms. The molecule has 0 atom stereocenters. The van der Waals surface area contributed by atoms with E-state index < -0.39 is 7.60 Å². The van der Waals surface area contributed by atoms with Gasteiger partial charge in [-0.2, -0.15) is 0 Å². The van der Waals surface area contributed by atoms with E-state index in [-0.39, 0.29) is 30.5 Å². The van der Waals surface area contributed by atoms with E-state index in [1.165, 1.54) is 12.1 Å². The van der Waals surface area contributed by atoms with E-state index in [1.807, 2.05) is 0 Å². The first kappa shape index (κ1) is 21.2. The van der Waals surface area contributed by atoms with Crippen LogP contribution in [-0.2, 0) is 26.5 Å². The first-order chi connectivity index (χ1) is 13.6. The van der Waals surface area contributed by atoms with Crippen LogP contribution in [-0.4, -0.2) is 18.9 Å². The smallest absolute Gasteiger partial charge is 0.308 e. The van der Waals surface area contributed by atoms with Crippen molar-refractivity contribution in [3.8, 4) is 0 Å².